The van der Waals surface area contributed by atoms with Crippen LogP contribution in [-0.2, 0) is 11.3 Å². The summed E-state index contributed by atoms with van der Waals surface area (Å²) in [6.07, 6.45) is 1.72. The molecule has 0 radical (unpaired) electrons. The molecule has 0 spiro atoms. The van der Waals surface area contributed by atoms with E-state index in [1.54, 1.807) is 6.20 Å². The highest BCUT2D eigenvalue weighted by molar-refractivity contribution is 5.78. The Hall–Kier alpha value is -1.49. The van der Waals surface area contributed by atoms with Crippen molar-refractivity contribution in [3.05, 3.63) is 23.8 Å². The zero-order valence-electron chi connectivity index (χ0n) is 10.9. The lowest BCUT2D eigenvalue weighted by Gasteiger charge is -2.20. The topological polar surface area (TPSA) is 66.9 Å². The lowest BCUT2D eigenvalue weighted by Crippen LogP contribution is -2.44. The van der Waals surface area contributed by atoms with Gasteiger partial charge in [-0.05, 0) is 33.8 Å². The van der Waals surface area contributed by atoms with Gasteiger partial charge in [-0.3, -0.25) is 4.79 Å². The predicted octanol–water partition coefficient (Wildman–Crippen LogP) is 0.789. The van der Waals surface area contributed by atoms with Crippen LogP contribution < -0.4 is 10.6 Å². The molecular weight excluding hydrogens is 216 g/mol. The standard InChI is InChI=1S/C12H20N4O/c1-9-14-6-5-10(15-9)7-13-8-11(17)16-12(2,3)4/h5-6,13H,7-8H2,1-4H3,(H,16,17). The Labute approximate surface area is 102 Å². The second kappa shape index (κ2) is 5.72. The molecule has 1 aromatic rings. The van der Waals surface area contributed by atoms with Gasteiger partial charge < -0.3 is 10.6 Å². The van der Waals surface area contributed by atoms with E-state index >= 15 is 0 Å². The molecule has 2 N–H and O–H groups in total. The fourth-order valence-corrected chi connectivity index (χ4v) is 1.37. The fraction of sp³-hybridized carbons (Fsp3) is 0.583. The van der Waals surface area contributed by atoms with E-state index in [4.69, 9.17) is 0 Å². The third-order valence-electron chi connectivity index (χ3n) is 1.94. The van der Waals surface area contributed by atoms with Crippen LogP contribution in [0.5, 0.6) is 0 Å². The zero-order valence-corrected chi connectivity index (χ0v) is 10.9. The van der Waals surface area contributed by atoms with Crippen molar-refractivity contribution in [2.75, 3.05) is 6.54 Å². The van der Waals surface area contributed by atoms with Gasteiger partial charge in [0.15, 0.2) is 0 Å². The van der Waals surface area contributed by atoms with E-state index in [9.17, 15) is 4.79 Å². The largest absolute Gasteiger partial charge is 0.350 e. The maximum absolute atomic E-state index is 11.5. The van der Waals surface area contributed by atoms with Gasteiger partial charge in [-0.15, -0.1) is 0 Å². The number of hydrogen-bond acceptors (Lipinski definition) is 4. The van der Waals surface area contributed by atoms with E-state index in [-0.39, 0.29) is 11.4 Å². The summed E-state index contributed by atoms with van der Waals surface area (Å²) in [6, 6.07) is 1.83. The maximum Gasteiger partial charge on any atom is 0.234 e. The minimum atomic E-state index is -0.190. The first-order chi connectivity index (χ1) is 7.87. The van der Waals surface area contributed by atoms with Crippen molar-refractivity contribution < 1.29 is 4.79 Å². The van der Waals surface area contributed by atoms with E-state index in [2.05, 4.69) is 20.6 Å². The fourth-order valence-electron chi connectivity index (χ4n) is 1.37. The minimum Gasteiger partial charge on any atom is -0.350 e. The molecule has 1 aromatic heterocycles. The number of hydrogen-bond donors (Lipinski definition) is 2. The van der Waals surface area contributed by atoms with E-state index in [0.717, 1.165) is 11.5 Å². The molecule has 0 unspecified atom stereocenters. The molecule has 1 rings (SSSR count). The first-order valence-electron chi connectivity index (χ1n) is 5.67. The predicted molar refractivity (Wildman–Crippen MR) is 66.4 cm³/mol. The van der Waals surface area contributed by atoms with E-state index in [0.29, 0.717) is 13.1 Å². The molecule has 0 aliphatic heterocycles. The highest BCUT2D eigenvalue weighted by Gasteiger charge is 2.12. The van der Waals surface area contributed by atoms with Crippen molar-refractivity contribution in [2.45, 2.75) is 39.8 Å². The number of amides is 1. The zero-order chi connectivity index (χ0) is 12.9. The average Bonchev–Trinajstić information content (AvgIpc) is 2.14. The van der Waals surface area contributed by atoms with Crippen molar-refractivity contribution in [3.63, 3.8) is 0 Å². The molecule has 94 valence electrons. The molecule has 0 aliphatic rings. The van der Waals surface area contributed by atoms with Gasteiger partial charge >= 0.3 is 0 Å². The van der Waals surface area contributed by atoms with Crippen molar-refractivity contribution in [2.24, 2.45) is 0 Å². The molecule has 5 heteroatoms. The molecule has 0 bridgehead atoms. The van der Waals surface area contributed by atoms with Crippen LogP contribution in [0, 0.1) is 6.92 Å². The van der Waals surface area contributed by atoms with E-state index in [1.807, 2.05) is 33.8 Å². The molecule has 1 heterocycles. The number of carbonyl (C=O) groups is 1. The Morgan fingerprint density at radius 1 is 1.41 bits per heavy atom. The van der Waals surface area contributed by atoms with Gasteiger partial charge in [-0.25, -0.2) is 9.97 Å². The highest BCUT2D eigenvalue weighted by atomic mass is 16.2. The van der Waals surface area contributed by atoms with Gasteiger partial charge in [-0.1, -0.05) is 0 Å². The number of aryl methyl sites for hydroxylation is 1. The maximum atomic E-state index is 11.5. The third kappa shape index (κ3) is 5.97. The quantitative estimate of drug-likeness (QED) is 0.811. The number of carbonyl (C=O) groups excluding carboxylic acids is 1. The Kier molecular flexibility index (Phi) is 4.57. The molecule has 0 fully saturated rings. The smallest absolute Gasteiger partial charge is 0.234 e. The van der Waals surface area contributed by atoms with E-state index < -0.39 is 0 Å². The first kappa shape index (κ1) is 13.6. The minimum absolute atomic E-state index is 0.0109. The summed E-state index contributed by atoms with van der Waals surface area (Å²) in [5.74, 6) is 0.728. The normalized spacial score (nSPS) is 11.3. The van der Waals surface area contributed by atoms with Crippen LogP contribution in [0.15, 0.2) is 12.3 Å². The van der Waals surface area contributed by atoms with Crippen molar-refractivity contribution >= 4 is 5.91 Å². The molecule has 5 nitrogen and oxygen atoms in total. The molecule has 1 amide bonds. The van der Waals surface area contributed by atoms with Crippen LogP contribution in [0.3, 0.4) is 0 Å². The third-order valence-corrected chi connectivity index (χ3v) is 1.94. The Morgan fingerprint density at radius 2 is 2.12 bits per heavy atom. The molecule has 17 heavy (non-hydrogen) atoms. The lowest BCUT2D eigenvalue weighted by molar-refractivity contribution is -0.121. The van der Waals surface area contributed by atoms with Gasteiger partial charge in [0, 0.05) is 18.3 Å². The van der Waals surface area contributed by atoms with Gasteiger partial charge in [0.05, 0.1) is 12.2 Å². The van der Waals surface area contributed by atoms with Crippen LogP contribution in [0.4, 0.5) is 0 Å². The monoisotopic (exact) mass is 236 g/mol. The van der Waals surface area contributed by atoms with Crippen molar-refractivity contribution in [1.29, 1.82) is 0 Å². The highest BCUT2D eigenvalue weighted by Crippen LogP contribution is 1.97. The van der Waals surface area contributed by atoms with E-state index in [1.165, 1.54) is 0 Å². The Morgan fingerprint density at radius 3 is 2.71 bits per heavy atom. The number of nitrogens with one attached hydrogen (secondary N) is 2. The summed E-state index contributed by atoms with van der Waals surface area (Å²) in [7, 11) is 0. The van der Waals surface area contributed by atoms with Crippen LogP contribution in [0.2, 0.25) is 0 Å². The van der Waals surface area contributed by atoms with Gasteiger partial charge in [0.2, 0.25) is 5.91 Å². The number of aromatic nitrogens is 2. The van der Waals surface area contributed by atoms with Crippen LogP contribution >= 0.6 is 0 Å². The second-order valence-electron chi connectivity index (χ2n) is 5.00. The molecule has 0 aliphatic carbocycles. The van der Waals surface area contributed by atoms with Crippen molar-refractivity contribution in [1.82, 2.24) is 20.6 Å². The second-order valence-corrected chi connectivity index (χ2v) is 5.00. The molecule has 0 saturated carbocycles. The summed E-state index contributed by atoms with van der Waals surface area (Å²) in [6.45, 7) is 8.58. The summed E-state index contributed by atoms with van der Waals surface area (Å²) >= 11 is 0. The van der Waals surface area contributed by atoms with Gasteiger partial charge in [-0.2, -0.15) is 0 Å². The molecule has 0 aromatic carbocycles. The Balaban J connectivity index is 2.31. The molecular formula is C12H20N4O. The van der Waals surface area contributed by atoms with Crippen LogP contribution in [-0.4, -0.2) is 28.0 Å². The van der Waals surface area contributed by atoms with Gasteiger partial charge in [0.1, 0.15) is 5.82 Å². The summed E-state index contributed by atoms with van der Waals surface area (Å²) in [5, 5.41) is 5.93. The molecule has 0 saturated heterocycles. The number of nitrogens with zero attached hydrogens (tertiary/aromatic N) is 2. The lowest BCUT2D eigenvalue weighted by atomic mass is 10.1. The average molecular weight is 236 g/mol. The molecule has 0 atom stereocenters. The summed E-state index contributed by atoms with van der Waals surface area (Å²) < 4.78 is 0. The SMILES string of the molecule is Cc1nccc(CNCC(=O)NC(C)(C)C)n1. The summed E-state index contributed by atoms with van der Waals surface area (Å²) in [4.78, 5) is 19.8. The van der Waals surface area contributed by atoms with Crippen LogP contribution in [0.25, 0.3) is 0 Å². The number of rotatable bonds is 4. The summed E-state index contributed by atoms with van der Waals surface area (Å²) in [5.41, 5.74) is 0.700. The Bertz CT molecular complexity index is 384. The van der Waals surface area contributed by atoms with Crippen LogP contribution in [0.1, 0.15) is 32.3 Å². The first-order valence-corrected chi connectivity index (χ1v) is 5.67. The van der Waals surface area contributed by atoms with Gasteiger partial charge in [0.25, 0.3) is 0 Å². The van der Waals surface area contributed by atoms with Crippen molar-refractivity contribution in [3.8, 4) is 0 Å².